The molecule has 6 aromatic rings. The summed E-state index contributed by atoms with van der Waals surface area (Å²) in [5, 5.41) is 0. The van der Waals surface area contributed by atoms with E-state index < -0.39 is 0 Å². The number of rotatable bonds is 13. The lowest BCUT2D eigenvalue weighted by Crippen LogP contribution is -1.99. The topological polar surface area (TPSA) is 52.0 Å². The highest BCUT2D eigenvalue weighted by atomic mass is 14.5. The summed E-state index contributed by atoms with van der Waals surface area (Å²) in [6.45, 7) is 2.27. The summed E-state index contributed by atoms with van der Waals surface area (Å²) in [4.78, 5) is 0. The Balaban J connectivity index is 1.03. The summed E-state index contributed by atoms with van der Waals surface area (Å²) in [5.41, 5.74) is 28.3. The maximum absolute atomic E-state index is 5.91. The molecule has 0 fully saturated rings. The van der Waals surface area contributed by atoms with Crippen LogP contribution in [-0.4, -0.2) is 0 Å². The number of hydrogen-bond acceptors (Lipinski definition) is 2. The van der Waals surface area contributed by atoms with E-state index in [0.29, 0.717) is 0 Å². The zero-order valence-electron chi connectivity index (χ0n) is 27.6. The van der Waals surface area contributed by atoms with E-state index in [0.717, 1.165) is 49.9 Å². The number of anilines is 2. The highest BCUT2D eigenvalue weighted by Crippen LogP contribution is 2.22. The number of nitrogens with two attached hydrogens (primary N) is 2. The molecule has 0 radical (unpaired) electrons. The van der Waals surface area contributed by atoms with Crippen LogP contribution in [0.4, 0.5) is 11.4 Å². The first-order valence-electron chi connectivity index (χ1n) is 17.0. The standard InChI is InChI=1S/C45H46N2/c1-2-3-4-42-32-41(17-22-43(42)31-40-20-25-45(47)26-21-40)30-38-15-13-36(14-16-38)28-34-7-5-33(6-8-34)27-35-9-11-37(12-10-35)29-39-18-23-44(46)24-19-39/h5-26,32H,2-4,27-31,46-47H2,1H3. The van der Waals surface area contributed by atoms with E-state index in [2.05, 4.69) is 122 Å². The van der Waals surface area contributed by atoms with E-state index in [1.54, 1.807) is 0 Å². The zero-order valence-corrected chi connectivity index (χ0v) is 27.6. The molecule has 6 rings (SSSR count). The van der Waals surface area contributed by atoms with E-state index in [1.807, 2.05) is 24.3 Å². The van der Waals surface area contributed by atoms with E-state index in [9.17, 15) is 0 Å². The Morgan fingerprint density at radius 1 is 0.340 bits per heavy atom. The summed E-state index contributed by atoms with van der Waals surface area (Å²) in [7, 11) is 0. The SMILES string of the molecule is CCCCc1cc(Cc2ccc(Cc3ccc(Cc4ccc(Cc5ccc(N)cc5)cc4)cc3)cc2)ccc1Cc1ccc(N)cc1. The van der Waals surface area contributed by atoms with Gasteiger partial charge in [0.15, 0.2) is 0 Å². The molecule has 47 heavy (non-hydrogen) atoms. The van der Waals surface area contributed by atoms with Crippen molar-refractivity contribution < 1.29 is 0 Å². The van der Waals surface area contributed by atoms with E-state index >= 15 is 0 Å². The lowest BCUT2D eigenvalue weighted by Gasteiger charge is -2.13. The molecule has 0 aliphatic heterocycles. The van der Waals surface area contributed by atoms with Crippen LogP contribution >= 0.6 is 0 Å². The average molecular weight is 615 g/mol. The van der Waals surface area contributed by atoms with Gasteiger partial charge in [0.25, 0.3) is 0 Å². The van der Waals surface area contributed by atoms with Gasteiger partial charge >= 0.3 is 0 Å². The predicted molar refractivity (Wildman–Crippen MR) is 200 cm³/mol. The number of benzene rings is 6. The van der Waals surface area contributed by atoms with E-state index in [1.165, 1.54) is 74.0 Å². The highest BCUT2D eigenvalue weighted by molar-refractivity contribution is 5.44. The van der Waals surface area contributed by atoms with Crippen LogP contribution in [0.1, 0.15) is 81.0 Å². The third kappa shape index (κ3) is 9.24. The van der Waals surface area contributed by atoms with Gasteiger partial charge in [-0.25, -0.2) is 0 Å². The fraction of sp³-hybridized carbons (Fsp3) is 0.200. The van der Waals surface area contributed by atoms with E-state index in [4.69, 9.17) is 11.5 Å². The Kier molecular flexibility index (Phi) is 10.5. The van der Waals surface area contributed by atoms with Crippen LogP contribution in [0.25, 0.3) is 0 Å². The number of hydrogen-bond donors (Lipinski definition) is 2. The number of nitrogen functional groups attached to an aromatic ring is 2. The molecular weight excluding hydrogens is 569 g/mol. The second-order valence-corrected chi connectivity index (χ2v) is 13.0. The predicted octanol–water partition coefficient (Wildman–Crippen LogP) is 10.1. The smallest absolute Gasteiger partial charge is 0.0314 e. The minimum Gasteiger partial charge on any atom is -0.399 e. The fourth-order valence-corrected chi connectivity index (χ4v) is 6.32. The van der Waals surface area contributed by atoms with Gasteiger partial charge in [0, 0.05) is 11.4 Å². The van der Waals surface area contributed by atoms with Gasteiger partial charge in [0.1, 0.15) is 0 Å². The second kappa shape index (κ2) is 15.5. The van der Waals surface area contributed by atoms with Crippen LogP contribution in [0.3, 0.4) is 0 Å². The molecule has 0 heterocycles. The molecule has 0 bridgehead atoms. The molecule has 0 aromatic heterocycles. The van der Waals surface area contributed by atoms with Crippen molar-refractivity contribution >= 4 is 11.4 Å². The molecule has 2 nitrogen and oxygen atoms in total. The average Bonchev–Trinajstić information content (AvgIpc) is 3.09. The summed E-state index contributed by atoms with van der Waals surface area (Å²) >= 11 is 0. The summed E-state index contributed by atoms with van der Waals surface area (Å²) in [6.07, 6.45) is 8.27. The van der Waals surface area contributed by atoms with Crippen molar-refractivity contribution in [1.82, 2.24) is 0 Å². The second-order valence-electron chi connectivity index (χ2n) is 13.0. The van der Waals surface area contributed by atoms with Gasteiger partial charge in [-0.3, -0.25) is 0 Å². The summed E-state index contributed by atoms with van der Waals surface area (Å²) < 4.78 is 0. The van der Waals surface area contributed by atoms with Crippen LogP contribution in [-0.2, 0) is 38.5 Å². The van der Waals surface area contributed by atoms with Crippen LogP contribution < -0.4 is 11.5 Å². The van der Waals surface area contributed by atoms with Gasteiger partial charge in [-0.05, 0) is 130 Å². The molecule has 236 valence electrons. The molecule has 0 atom stereocenters. The summed E-state index contributed by atoms with van der Waals surface area (Å²) in [6, 6.07) is 50.8. The van der Waals surface area contributed by atoms with Gasteiger partial charge in [-0.15, -0.1) is 0 Å². The zero-order chi connectivity index (χ0) is 32.4. The lowest BCUT2D eigenvalue weighted by molar-refractivity contribution is 0.787. The maximum Gasteiger partial charge on any atom is 0.0314 e. The first-order valence-corrected chi connectivity index (χ1v) is 17.0. The van der Waals surface area contributed by atoms with Crippen molar-refractivity contribution in [3.8, 4) is 0 Å². The van der Waals surface area contributed by atoms with Crippen molar-refractivity contribution in [3.63, 3.8) is 0 Å². The molecule has 2 heteroatoms. The van der Waals surface area contributed by atoms with Gasteiger partial charge in [-0.2, -0.15) is 0 Å². The Labute approximate surface area is 281 Å². The van der Waals surface area contributed by atoms with Crippen LogP contribution in [0.2, 0.25) is 0 Å². The van der Waals surface area contributed by atoms with Crippen molar-refractivity contribution in [2.24, 2.45) is 0 Å². The van der Waals surface area contributed by atoms with Gasteiger partial charge in [-0.1, -0.05) is 129 Å². The number of aryl methyl sites for hydroxylation is 1. The summed E-state index contributed by atoms with van der Waals surface area (Å²) in [5.74, 6) is 0. The van der Waals surface area contributed by atoms with Gasteiger partial charge in [0.2, 0.25) is 0 Å². The molecule has 0 saturated heterocycles. The Hall–Kier alpha value is -5.08. The molecule has 0 amide bonds. The Bertz CT molecular complexity index is 1850. The molecule has 0 saturated carbocycles. The molecular formula is C45H46N2. The molecule has 0 aliphatic carbocycles. The lowest BCUT2D eigenvalue weighted by atomic mass is 9.92. The van der Waals surface area contributed by atoms with Crippen LogP contribution in [0, 0.1) is 0 Å². The van der Waals surface area contributed by atoms with Crippen molar-refractivity contribution in [2.45, 2.75) is 58.3 Å². The minimum atomic E-state index is 0.809. The maximum atomic E-state index is 5.91. The van der Waals surface area contributed by atoms with Crippen molar-refractivity contribution in [2.75, 3.05) is 11.5 Å². The molecule has 0 unspecified atom stereocenters. The molecule has 0 spiro atoms. The number of unbranched alkanes of at least 4 members (excludes halogenated alkanes) is 1. The first kappa shape index (κ1) is 31.9. The third-order valence-corrected chi connectivity index (χ3v) is 9.13. The minimum absolute atomic E-state index is 0.809. The Morgan fingerprint density at radius 2 is 0.638 bits per heavy atom. The van der Waals surface area contributed by atoms with E-state index in [-0.39, 0.29) is 0 Å². The van der Waals surface area contributed by atoms with Crippen LogP contribution in [0.5, 0.6) is 0 Å². The molecule has 0 aliphatic rings. The normalized spacial score (nSPS) is 11.1. The highest BCUT2D eigenvalue weighted by Gasteiger charge is 2.08. The van der Waals surface area contributed by atoms with Gasteiger partial charge in [0.05, 0.1) is 0 Å². The quantitative estimate of drug-likeness (QED) is 0.127. The Morgan fingerprint density at radius 3 is 1.00 bits per heavy atom. The van der Waals surface area contributed by atoms with Crippen molar-refractivity contribution in [1.29, 1.82) is 0 Å². The molecule has 6 aromatic carbocycles. The largest absolute Gasteiger partial charge is 0.399 e. The molecule has 4 N–H and O–H groups in total. The van der Waals surface area contributed by atoms with Crippen LogP contribution in [0.15, 0.2) is 140 Å². The fourth-order valence-electron chi connectivity index (χ4n) is 6.32. The first-order chi connectivity index (χ1) is 23.0. The monoisotopic (exact) mass is 614 g/mol. The van der Waals surface area contributed by atoms with Gasteiger partial charge < -0.3 is 11.5 Å². The third-order valence-electron chi connectivity index (χ3n) is 9.13. The van der Waals surface area contributed by atoms with Crippen molar-refractivity contribution in [3.05, 3.63) is 201 Å².